The zero-order chi connectivity index (χ0) is 21.6. The number of pyridine rings is 1. The molecule has 0 aliphatic heterocycles. The van der Waals surface area contributed by atoms with Crippen LogP contribution in [0.25, 0.3) is 16.5 Å². The molecule has 0 amide bonds. The maximum absolute atomic E-state index is 14.6. The van der Waals surface area contributed by atoms with E-state index in [0.717, 1.165) is 16.8 Å². The highest BCUT2D eigenvalue weighted by Crippen LogP contribution is 2.38. The van der Waals surface area contributed by atoms with Crippen molar-refractivity contribution in [2.45, 2.75) is 37.9 Å². The van der Waals surface area contributed by atoms with Gasteiger partial charge in [0.05, 0.1) is 24.4 Å². The van der Waals surface area contributed by atoms with Crippen LogP contribution in [0.4, 0.5) is 17.6 Å². The molecule has 0 radical (unpaired) electrons. The predicted molar refractivity (Wildman–Crippen MR) is 98.9 cm³/mol. The molecular formula is C20H14F4N4O2. The third-order valence-electron chi connectivity index (χ3n) is 5.29. The van der Waals surface area contributed by atoms with Crippen molar-refractivity contribution in [3.8, 4) is 11.8 Å². The summed E-state index contributed by atoms with van der Waals surface area (Å²) in [6.45, 7) is -0.444. The molecule has 10 heteroatoms. The van der Waals surface area contributed by atoms with Gasteiger partial charge in [-0.05, 0) is 18.9 Å². The van der Waals surface area contributed by atoms with Crippen molar-refractivity contribution in [3.63, 3.8) is 0 Å². The van der Waals surface area contributed by atoms with Crippen molar-refractivity contribution in [1.29, 1.82) is 5.26 Å². The number of rotatable bonds is 3. The van der Waals surface area contributed by atoms with Crippen LogP contribution in [0.2, 0.25) is 0 Å². The Labute approximate surface area is 166 Å². The lowest BCUT2D eigenvalue weighted by Crippen LogP contribution is -2.42. The van der Waals surface area contributed by atoms with Gasteiger partial charge in [-0.1, -0.05) is 12.1 Å². The zero-order valence-corrected chi connectivity index (χ0v) is 15.4. The minimum Gasteiger partial charge on any atom is -0.283 e. The molecule has 0 unspecified atom stereocenters. The Balaban J connectivity index is 2.08. The summed E-state index contributed by atoms with van der Waals surface area (Å²) in [5, 5.41) is 9.39. The van der Waals surface area contributed by atoms with Crippen LogP contribution in [-0.2, 0) is 13.0 Å². The van der Waals surface area contributed by atoms with Crippen molar-refractivity contribution in [2.24, 2.45) is 0 Å². The third kappa shape index (κ3) is 3.16. The fraction of sp³-hybridized carbons (Fsp3) is 0.300. The summed E-state index contributed by atoms with van der Waals surface area (Å²) in [6, 6.07) is 5.91. The Morgan fingerprint density at radius 2 is 2.00 bits per heavy atom. The summed E-state index contributed by atoms with van der Waals surface area (Å²) in [5.74, 6) is -1.85. The number of nitriles is 1. The van der Waals surface area contributed by atoms with E-state index in [4.69, 9.17) is 5.26 Å². The molecule has 0 fully saturated rings. The molecule has 0 spiro atoms. The highest BCUT2D eigenvalue weighted by Gasteiger charge is 2.39. The topological polar surface area (TPSA) is 80.7 Å². The summed E-state index contributed by atoms with van der Waals surface area (Å²) >= 11 is 0. The van der Waals surface area contributed by atoms with E-state index < -0.39 is 42.1 Å². The van der Waals surface area contributed by atoms with Crippen molar-refractivity contribution < 1.29 is 17.6 Å². The maximum atomic E-state index is 14.6. The lowest BCUT2D eigenvalue weighted by molar-refractivity contribution is -0.138. The summed E-state index contributed by atoms with van der Waals surface area (Å²) in [7, 11) is 0. The van der Waals surface area contributed by atoms with E-state index in [1.165, 1.54) is 18.3 Å². The molecule has 0 bridgehead atoms. The molecule has 0 N–H and O–H groups in total. The Kier molecular flexibility index (Phi) is 4.68. The van der Waals surface area contributed by atoms with Crippen LogP contribution in [0.5, 0.6) is 0 Å². The molecule has 0 saturated heterocycles. The molecule has 30 heavy (non-hydrogen) atoms. The molecule has 1 aromatic carbocycles. The summed E-state index contributed by atoms with van der Waals surface area (Å²) in [4.78, 5) is 30.3. The SMILES string of the molecule is N#CCn1c2c(c(=O)n(-c3cncc4cccc(F)c34)c1=O)[C@@H](CC(F)(F)F)CC2. The van der Waals surface area contributed by atoms with Gasteiger partial charge in [0.2, 0.25) is 0 Å². The number of fused-ring (bicyclic) bond motifs is 2. The van der Waals surface area contributed by atoms with Crippen molar-refractivity contribution in [1.82, 2.24) is 14.1 Å². The highest BCUT2D eigenvalue weighted by atomic mass is 19.4. The Morgan fingerprint density at radius 1 is 1.23 bits per heavy atom. The number of hydrogen-bond donors (Lipinski definition) is 0. The van der Waals surface area contributed by atoms with E-state index in [2.05, 4.69) is 4.98 Å². The van der Waals surface area contributed by atoms with Gasteiger partial charge >= 0.3 is 11.9 Å². The zero-order valence-electron chi connectivity index (χ0n) is 15.4. The first-order chi connectivity index (χ1) is 14.2. The van der Waals surface area contributed by atoms with E-state index in [0.29, 0.717) is 9.95 Å². The normalized spacial score (nSPS) is 15.9. The molecule has 0 saturated carbocycles. The molecule has 1 aliphatic carbocycles. The molecule has 1 atom stereocenters. The van der Waals surface area contributed by atoms with Gasteiger partial charge in [0.25, 0.3) is 5.56 Å². The Morgan fingerprint density at radius 3 is 2.70 bits per heavy atom. The second kappa shape index (κ2) is 7.09. The average Bonchev–Trinajstić information content (AvgIpc) is 3.07. The van der Waals surface area contributed by atoms with Crippen LogP contribution in [0, 0.1) is 17.1 Å². The first kappa shape index (κ1) is 19.8. The average molecular weight is 418 g/mol. The molecule has 154 valence electrons. The van der Waals surface area contributed by atoms with Crippen molar-refractivity contribution >= 4 is 10.8 Å². The minimum atomic E-state index is -4.51. The second-order valence-corrected chi connectivity index (χ2v) is 7.08. The largest absolute Gasteiger partial charge is 0.389 e. The summed E-state index contributed by atoms with van der Waals surface area (Å²) < 4.78 is 55.4. The summed E-state index contributed by atoms with van der Waals surface area (Å²) in [5.41, 5.74) is -2.05. The molecule has 3 aromatic rings. The number of aromatic nitrogens is 3. The predicted octanol–water partition coefficient (Wildman–Crippen LogP) is 3.19. The number of benzene rings is 1. The van der Waals surface area contributed by atoms with Gasteiger partial charge in [-0.2, -0.15) is 18.4 Å². The number of nitrogens with zero attached hydrogens (tertiary/aromatic N) is 4. The molecular weight excluding hydrogens is 404 g/mol. The van der Waals surface area contributed by atoms with Gasteiger partial charge < -0.3 is 0 Å². The van der Waals surface area contributed by atoms with Crippen LogP contribution in [0.3, 0.4) is 0 Å². The highest BCUT2D eigenvalue weighted by molar-refractivity contribution is 5.89. The molecule has 6 nitrogen and oxygen atoms in total. The quantitative estimate of drug-likeness (QED) is 0.612. The number of halogens is 4. The first-order valence-corrected chi connectivity index (χ1v) is 9.08. The minimum absolute atomic E-state index is 0.0289. The van der Waals surface area contributed by atoms with Gasteiger partial charge in [0.15, 0.2) is 0 Å². The molecule has 2 heterocycles. The van der Waals surface area contributed by atoms with E-state index in [9.17, 15) is 27.2 Å². The fourth-order valence-corrected chi connectivity index (χ4v) is 4.12. The van der Waals surface area contributed by atoms with Crippen LogP contribution >= 0.6 is 0 Å². The van der Waals surface area contributed by atoms with E-state index in [1.807, 2.05) is 0 Å². The van der Waals surface area contributed by atoms with Crippen LogP contribution in [-0.4, -0.2) is 20.3 Å². The van der Waals surface area contributed by atoms with Gasteiger partial charge in [-0.3, -0.25) is 14.3 Å². The van der Waals surface area contributed by atoms with Crippen LogP contribution < -0.4 is 11.2 Å². The van der Waals surface area contributed by atoms with Crippen LogP contribution in [0.15, 0.2) is 40.2 Å². The van der Waals surface area contributed by atoms with Crippen molar-refractivity contribution in [3.05, 3.63) is 68.5 Å². The van der Waals surface area contributed by atoms with Gasteiger partial charge in [-0.25, -0.2) is 13.8 Å². The van der Waals surface area contributed by atoms with Crippen molar-refractivity contribution in [2.75, 3.05) is 0 Å². The molecule has 4 rings (SSSR count). The number of alkyl halides is 3. The third-order valence-corrected chi connectivity index (χ3v) is 5.29. The van der Waals surface area contributed by atoms with E-state index in [1.54, 1.807) is 6.07 Å². The molecule has 1 aliphatic rings. The van der Waals surface area contributed by atoms with Gasteiger partial charge in [0, 0.05) is 34.1 Å². The van der Waals surface area contributed by atoms with E-state index in [-0.39, 0.29) is 35.2 Å². The summed E-state index contributed by atoms with van der Waals surface area (Å²) in [6.07, 6.45) is -3.16. The monoisotopic (exact) mass is 418 g/mol. The van der Waals surface area contributed by atoms with E-state index >= 15 is 0 Å². The number of hydrogen-bond acceptors (Lipinski definition) is 4. The molecule has 2 aromatic heterocycles. The lowest BCUT2D eigenvalue weighted by Gasteiger charge is -2.18. The Hall–Kier alpha value is -3.48. The standard InChI is InChI=1S/C20H14F4N4O2/c21-13-3-1-2-12-9-26-10-15(16(12)13)28-18(29)17-11(8-20(22,23)24)4-5-14(17)27(7-6-25)19(28)30/h1-3,9-11H,4-5,7-8H2/t11-/m1/s1. The Bertz CT molecular complexity index is 1310. The van der Waals surface area contributed by atoms with Gasteiger partial charge in [0.1, 0.15) is 12.4 Å². The van der Waals surface area contributed by atoms with Crippen LogP contribution in [0.1, 0.15) is 30.0 Å². The van der Waals surface area contributed by atoms with Gasteiger partial charge in [-0.15, -0.1) is 0 Å². The fourth-order valence-electron chi connectivity index (χ4n) is 4.12. The first-order valence-electron chi connectivity index (χ1n) is 9.08. The second-order valence-electron chi connectivity index (χ2n) is 7.08. The lowest BCUT2D eigenvalue weighted by atomic mass is 9.99. The maximum Gasteiger partial charge on any atom is 0.389 e. The smallest absolute Gasteiger partial charge is 0.283 e.